The number of Topliss-reactive ketones (excluding diaryl/α,β-unsaturated/α-hetero) is 1. The van der Waals surface area contributed by atoms with E-state index >= 15 is 0 Å². The van der Waals surface area contributed by atoms with E-state index in [4.69, 9.17) is 4.74 Å². The number of carbonyl (C=O) groups excluding carboxylic acids is 1. The van der Waals surface area contributed by atoms with Crippen LogP contribution in [0.5, 0.6) is 5.75 Å². The zero-order chi connectivity index (χ0) is 13.6. The molecule has 1 aromatic carbocycles. The predicted molar refractivity (Wildman–Crippen MR) is 75.0 cm³/mol. The van der Waals surface area contributed by atoms with Crippen molar-refractivity contribution in [1.29, 1.82) is 0 Å². The number of carbonyl (C=O) groups is 1. The van der Waals surface area contributed by atoms with Crippen molar-refractivity contribution in [3.63, 3.8) is 0 Å². The molecule has 0 saturated carbocycles. The number of para-hydroxylation sites is 1. The third-order valence-corrected chi connectivity index (χ3v) is 2.89. The Morgan fingerprint density at radius 1 is 1.22 bits per heavy atom. The number of rotatable bonds is 6. The van der Waals surface area contributed by atoms with E-state index in [1.165, 1.54) is 0 Å². The Labute approximate surface area is 110 Å². The highest BCUT2D eigenvalue weighted by Crippen LogP contribution is 2.23. The number of aryl methyl sites for hydroxylation is 1. The van der Waals surface area contributed by atoms with Crippen molar-refractivity contribution in [2.45, 2.75) is 47.0 Å². The summed E-state index contributed by atoms with van der Waals surface area (Å²) < 4.78 is 5.69. The zero-order valence-corrected chi connectivity index (χ0v) is 12.0. The quantitative estimate of drug-likeness (QED) is 0.760. The van der Waals surface area contributed by atoms with E-state index in [1.54, 1.807) is 0 Å². The summed E-state index contributed by atoms with van der Waals surface area (Å²) in [6, 6.07) is 7.99. The Balaban J connectivity index is 2.64. The van der Waals surface area contributed by atoms with Crippen LogP contribution in [0.2, 0.25) is 0 Å². The number of benzene rings is 1. The first-order chi connectivity index (χ1) is 8.45. The van der Waals surface area contributed by atoms with Crippen LogP contribution >= 0.6 is 0 Å². The van der Waals surface area contributed by atoms with Gasteiger partial charge in [0, 0.05) is 11.8 Å². The van der Waals surface area contributed by atoms with Gasteiger partial charge >= 0.3 is 0 Å². The van der Waals surface area contributed by atoms with Crippen molar-refractivity contribution in [2.75, 3.05) is 6.61 Å². The normalized spacial score (nSPS) is 11.3. The lowest BCUT2D eigenvalue weighted by Crippen LogP contribution is -2.20. The van der Waals surface area contributed by atoms with Crippen LogP contribution in [0.4, 0.5) is 0 Å². The Morgan fingerprint density at radius 2 is 1.89 bits per heavy atom. The molecule has 1 aromatic rings. The molecule has 0 N–H and O–H groups in total. The van der Waals surface area contributed by atoms with Gasteiger partial charge in [-0.15, -0.1) is 0 Å². The highest BCUT2D eigenvalue weighted by molar-refractivity contribution is 5.83. The molecular weight excluding hydrogens is 224 g/mol. The highest BCUT2D eigenvalue weighted by atomic mass is 16.5. The van der Waals surface area contributed by atoms with Gasteiger partial charge < -0.3 is 4.74 Å². The second kappa shape index (κ2) is 6.58. The highest BCUT2D eigenvalue weighted by Gasteiger charge is 2.20. The largest absolute Gasteiger partial charge is 0.493 e. The van der Waals surface area contributed by atoms with Gasteiger partial charge in [-0.25, -0.2) is 0 Å². The smallest absolute Gasteiger partial charge is 0.138 e. The first-order valence-electron chi connectivity index (χ1n) is 6.69. The second-order valence-corrected chi connectivity index (χ2v) is 5.63. The van der Waals surface area contributed by atoms with Gasteiger partial charge in [0.05, 0.1) is 6.61 Å². The maximum absolute atomic E-state index is 11.9. The van der Waals surface area contributed by atoms with E-state index in [-0.39, 0.29) is 5.41 Å². The van der Waals surface area contributed by atoms with Crippen LogP contribution in [0.3, 0.4) is 0 Å². The van der Waals surface area contributed by atoms with Gasteiger partial charge in [0.2, 0.25) is 0 Å². The molecule has 0 heterocycles. The van der Waals surface area contributed by atoms with Gasteiger partial charge in [-0.05, 0) is 24.5 Å². The molecule has 2 heteroatoms. The SMILES string of the molecule is CCCOc1ccccc1CCC(=O)C(C)(C)C. The predicted octanol–water partition coefficient (Wildman–Crippen LogP) is 4.02. The van der Waals surface area contributed by atoms with Gasteiger partial charge in [0.1, 0.15) is 11.5 Å². The number of hydrogen-bond acceptors (Lipinski definition) is 2. The van der Waals surface area contributed by atoms with Crippen molar-refractivity contribution in [3.05, 3.63) is 29.8 Å². The molecule has 0 radical (unpaired) electrons. The minimum Gasteiger partial charge on any atom is -0.493 e. The van der Waals surface area contributed by atoms with Crippen LogP contribution in [0, 0.1) is 5.41 Å². The summed E-state index contributed by atoms with van der Waals surface area (Å²) in [5, 5.41) is 0. The van der Waals surface area contributed by atoms with E-state index in [9.17, 15) is 4.79 Å². The van der Waals surface area contributed by atoms with Crippen molar-refractivity contribution in [3.8, 4) is 5.75 Å². The minimum atomic E-state index is -0.251. The Morgan fingerprint density at radius 3 is 2.50 bits per heavy atom. The lowest BCUT2D eigenvalue weighted by atomic mass is 9.87. The molecule has 0 unspecified atom stereocenters. The lowest BCUT2D eigenvalue weighted by Gasteiger charge is -2.17. The van der Waals surface area contributed by atoms with E-state index < -0.39 is 0 Å². The van der Waals surface area contributed by atoms with Crippen LogP contribution in [0.15, 0.2) is 24.3 Å². The van der Waals surface area contributed by atoms with Crippen molar-refractivity contribution < 1.29 is 9.53 Å². The fourth-order valence-corrected chi connectivity index (χ4v) is 1.69. The van der Waals surface area contributed by atoms with Gasteiger partial charge in [-0.3, -0.25) is 4.79 Å². The zero-order valence-electron chi connectivity index (χ0n) is 12.0. The Bertz CT molecular complexity index is 388. The van der Waals surface area contributed by atoms with E-state index in [0.29, 0.717) is 12.2 Å². The molecule has 100 valence electrons. The molecule has 0 amide bonds. The summed E-state index contributed by atoms with van der Waals surface area (Å²) in [6.45, 7) is 8.72. The van der Waals surface area contributed by atoms with Gasteiger partial charge in [-0.1, -0.05) is 45.9 Å². The summed E-state index contributed by atoms with van der Waals surface area (Å²) in [5.41, 5.74) is 0.878. The average molecular weight is 248 g/mol. The molecule has 0 saturated heterocycles. The molecule has 0 fully saturated rings. The average Bonchev–Trinajstić information content (AvgIpc) is 2.33. The Kier molecular flexibility index (Phi) is 5.39. The monoisotopic (exact) mass is 248 g/mol. The lowest BCUT2D eigenvalue weighted by molar-refractivity contribution is -0.126. The van der Waals surface area contributed by atoms with Crippen molar-refractivity contribution in [1.82, 2.24) is 0 Å². The summed E-state index contributed by atoms with van der Waals surface area (Å²) in [6.07, 6.45) is 2.33. The molecule has 0 atom stereocenters. The summed E-state index contributed by atoms with van der Waals surface area (Å²) >= 11 is 0. The first kappa shape index (κ1) is 14.7. The molecule has 0 spiro atoms. The number of ketones is 1. The molecule has 0 aliphatic rings. The fourth-order valence-electron chi connectivity index (χ4n) is 1.69. The Hall–Kier alpha value is -1.31. The van der Waals surface area contributed by atoms with Gasteiger partial charge in [0.15, 0.2) is 0 Å². The minimum absolute atomic E-state index is 0.251. The van der Waals surface area contributed by atoms with Crippen molar-refractivity contribution >= 4 is 5.78 Å². The molecular formula is C16H24O2. The van der Waals surface area contributed by atoms with Crippen LogP contribution in [0.1, 0.15) is 46.1 Å². The molecule has 0 aromatic heterocycles. The molecule has 2 nitrogen and oxygen atoms in total. The molecule has 0 aliphatic heterocycles. The number of ether oxygens (including phenoxy) is 1. The van der Waals surface area contributed by atoms with Gasteiger partial charge in [-0.2, -0.15) is 0 Å². The fraction of sp³-hybridized carbons (Fsp3) is 0.562. The van der Waals surface area contributed by atoms with Crippen LogP contribution < -0.4 is 4.74 Å². The number of hydrogen-bond donors (Lipinski definition) is 0. The van der Waals surface area contributed by atoms with Crippen LogP contribution in [-0.2, 0) is 11.2 Å². The molecule has 18 heavy (non-hydrogen) atoms. The molecule has 0 bridgehead atoms. The van der Waals surface area contributed by atoms with Gasteiger partial charge in [0.25, 0.3) is 0 Å². The summed E-state index contributed by atoms with van der Waals surface area (Å²) in [5.74, 6) is 1.22. The summed E-state index contributed by atoms with van der Waals surface area (Å²) in [7, 11) is 0. The van der Waals surface area contributed by atoms with E-state index in [2.05, 4.69) is 6.92 Å². The molecule has 0 aliphatic carbocycles. The van der Waals surface area contributed by atoms with Crippen LogP contribution in [0.25, 0.3) is 0 Å². The van der Waals surface area contributed by atoms with E-state index in [1.807, 2.05) is 45.0 Å². The third-order valence-electron chi connectivity index (χ3n) is 2.89. The van der Waals surface area contributed by atoms with Crippen molar-refractivity contribution in [2.24, 2.45) is 5.41 Å². The topological polar surface area (TPSA) is 26.3 Å². The standard InChI is InChI=1S/C16H24O2/c1-5-12-18-14-9-7-6-8-13(14)10-11-15(17)16(2,3)4/h6-9H,5,10-12H2,1-4H3. The summed E-state index contributed by atoms with van der Waals surface area (Å²) in [4.78, 5) is 11.9. The molecule has 1 rings (SSSR count). The first-order valence-corrected chi connectivity index (χ1v) is 6.69. The maximum Gasteiger partial charge on any atom is 0.138 e. The maximum atomic E-state index is 11.9. The third kappa shape index (κ3) is 4.52. The van der Waals surface area contributed by atoms with E-state index in [0.717, 1.165) is 30.8 Å². The van der Waals surface area contributed by atoms with Crippen LogP contribution in [-0.4, -0.2) is 12.4 Å². The second-order valence-electron chi connectivity index (χ2n) is 5.63.